The average Bonchev–Trinajstić information content (AvgIpc) is 3.00. The number of aromatic nitrogens is 2. The van der Waals surface area contributed by atoms with Crippen molar-refractivity contribution in [3.8, 4) is 0 Å². The van der Waals surface area contributed by atoms with Gasteiger partial charge < -0.3 is 4.90 Å². The van der Waals surface area contributed by atoms with Crippen molar-refractivity contribution < 1.29 is 9.72 Å². The fourth-order valence-electron chi connectivity index (χ4n) is 3.43. The molecule has 2 aliphatic heterocycles. The van der Waals surface area contributed by atoms with Gasteiger partial charge in [0, 0.05) is 32.7 Å². The summed E-state index contributed by atoms with van der Waals surface area (Å²) in [4.78, 5) is 27.5. The van der Waals surface area contributed by atoms with E-state index in [0.29, 0.717) is 19.1 Å². The van der Waals surface area contributed by atoms with Gasteiger partial charge in [-0.3, -0.25) is 24.5 Å². The number of amides is 1. The lowest BCUT2D eigenvalue weighted by Gasteiger charge is -2.37. The molecule has 0 saturated carbocycles. The molecular weight excluding hydrogens is 274 g/mol. The van der Waals surface area contributed by atoms with Crippen LogP contribution in [0.25, 0.3) is 0 Å². The Kier molecular flexibility index (Phi) is 3.40. The summed E-state index contributed by atoms with van der Waals surface area (Å²) < 4.78 is 1.33. The van der Waals surface area contributed by atoms with Gasteiger partial charge in [-0.05, 0) is 26.3 Å². The standard InChI is InChI=1S/C13H19N5O3/c1-9-11(18(20)21)12(15(2)14-9)13(19)17-7-6-16-5-3-4-10(16)8-17/h10H,3-8H2,1-2H3/t10-/m0/s1. The summed E-state index contributed by atoms with van der Waals surface area (Å²) in [5.74, 6) is -0.281. The van der Waals surface area contributed by atoms with Gasteiger partial charge in [-0.1, -0.05) is 0 Å². The van der Waals surface area contributed by atoms with Gasteiger partial charge in [0.15, 0.2) is 0 Å². The van der Waals surface area contributed by atoms with Crippen molar-refractivity contribution in [2.45, 2.75) is 25.8 Å². The normalized spacial score (nSPS) is 22.4. The molecular formula is C13H19N5O3. The summed E-state index contributed by atoms with van der Waals surface area (Å²) in [5, 5.41) is 15.2. The van der Waals surface area contributed by atoms with E-state index in [0.717, 1.165) is 25.9 Å². The van der Waals surface area contributed by atoms with Crippen LogP contribution in [0.4, 0.5) is 5.69 Å². The van der Waals surface area contributed by atoms with Crippen molar-refractivity contribution in [1.29, 1.82) is 0 Å². The molecule has 2 fully saturated rings. The van der Waals surface area contributed by atoms with Crippen molar-refractivity contribution in [2.24, 2.45) is 7.05 Å². The third-order valence-electron chi connectivity index (χ3n) is 4.45. The van der Waals surface area contributed by atoms with E-state index in [1.54, 1.807) is 18.9 Å². The molecule has 8 nitrogen and oxygen atoms in total. The van der Waals surface area contributed by atoms with Crippen molar-refractivity contribution in [3.05, 3.63) is 21.5 Å². The summed E-state index contributed by atoms with van der Waals surface area (Å²) in [6.07, 6.45) is 2.26. The highest BCUT2D eigenvalue weighted by Gasteiger charge is 2.37. The molecule has 0 unspecified atom stereocenters. The van der Waals surface area contributed by atoms with Gasteiger partial charge >= 0.3 is 5.69 Å². The molecule has 3 rings (SSSR count). The Balaban J connectivity index is 1.87. The molecule has 2 saturated heterocycles. The molecule has 0 aliphatic carbocycles. The smallest absolute Gasteiger partial charge is 0.322 e. The van der Waals surface area contributed by atoms with Gasteiger partial charge in [0.1, 0.15) is 5.69 Å². The lowest BCUT2D eigenvalue weighted by molar-refractivity contribution is -0.385. The maximum atomic E-state index is 12.7. The lowest BCUT2D eigenvalue weighted by Crippen LogP contribution is -2.52. The molecule has 2 aliphatic rings. The topological polar surface area (TPSA) is 84.5 Å². The van der Waals surface area contributed by atoms with Crippen molar-refractivity contribution in [1.82, 2.24) is 19.6 Å². The molecule has 1 amide bonds. The van der Waals surface area contributed by atoms with Gasteiger partial charge in [-0.25, -0.2) is 0 Å². The molecule has 114 valence electrons. The highest BCUT2D eigenvalue weighted by atomic mass is 16.6. The number of hydrogen-bond acceptors (Lipinski definition) is 5. The highest BCUT2D eigenvalue weighted by Crippen LogP contribution is 2.26. The SMILES string of the molecule is Cc1nn(C)c(C(=O)N2CCN3CCC[C@H]3C2)c1[N+](=O)[O-]. The molecule has 0 spiro atoms. The van der Waals surface area contributed by atoms with Crippen LogP contribution in [0.5, 0.6) is 0 Å². The van der Waals surface area contributed by atoms with Gasteiger partial charge in [0.25, 0.3) is 5.91 Å². The zero-order valence-electron chi connectivity index (χ0n) is 12.3. The van der Waals surface area contributed by atoms with E-state index < -0.39 is 4.92 Å². The Morgan fingerprint density at radius 1 is 1.38 bits per heavy atom. The molecule has 1 aromatic heterocycles. The summed E-state index contributed by atoms with van der Waals surface area (Å²) >= 11 is 0. The molecule has 3 heterocycles. The van der Waals surface area contributed by atoms with Crippen LogP contribution in [0.2, 0.25) is 0 Å². The quantitative estimate of drug-likeness (QED) is 0.587. The van der Waals surface area contributed by atoms with E-state index >= 15 is 0 Å². The third-order valence-corrected chi connectivity index (χ3v) is 4.45. The van der Waals surface area contributed by atoms with Gasteiger partial charge in [0.05, 0.1) is 4.92 Å². The summed E-state index contributed by atoms with van der Waals surface area (Å²) in [6.45, 7) is 4.78. The number of nitro groups is 1. The number of piperazine rings is 1. The van der Waals surface area contributed by atoms with Crippen LogP contribution in [0, 0.1) is 17.0 Å². The first kappa shape index (κ1) is 14.0. The molecule has 8 heteroatoms. The van der Waals surface area contributed by atoms with E-state index in [1.807, 2.05) is 0 Å². The first-order valence-corrected chi connectivity index (χ1v) is 7.20. The van der Waals surface area contributed by atoms with Crippen molar-refractivity contribution in [2.75, 3.05) is 26.2 Å². The zero-order chi connectivity index (χ0) is 15.1. The molecule has 0 bridgehead atoms. The Morgan fingerprint density at radius 2 is 2.14 bits per heavy atom. The highest BCUT2D eigenvalue weighted by molar-refractivity contribution is 5.97. The Labute approximate surface area is 122 Å². The predicted molar refractivity (Wildman–Crippen MR) is 75.1 cm³/mol. The van der Waals surface area contributed by atoms with E-state index in [-0.39, 0.29) is 23.0 Å². The molecule has 1 aromatic rings. The number of aryl methyl sites for hydroxylation is 2. The van der Waals surface area contributed by atoms with E-state index in [9.17, 15) is 14.9 Å². The maximum Gasteiger partial charge on any atom is 0.322 e. The minimum Gasteiger partial charge on any atom is -0.334 e. The predicted octanol–water partition coefficient (Wildman–Crippen LogP) is 0.557. The fourth-order valence-corrected chi connectivity index (χ4v) is 3.43. The number of hydrogen-bond donors (Lipinski definition) is 0. The summed E-state index contributed by atoms with van der Waals surface area (Å²) in [5.41, 5.74) is 0.200. The van der Waals surface area contributed by atoms with Crippen LogP contribution in [0.3, 0.4) is 0 Å². The molecule has 0 N–H and O–H groups in total. The number of rotatable bonds is 2. The van der Waals surface area contributed by atoms with Crippen LogP contribution in [0.1, 0.15) is 29.0 Å². The number of carbonyl (C=O) groups is 1. The average molecular weight is 293 g/mol. The van der Waals surface area contributed by atoms with Gasteiger partial charge in [0.2, 0.25) is 5.69 Å². The van der Waals surface area contributed by atoms with Gasteiger partial charge in [-0.2, -0.15) is 5.10 Å². The molecule has 1 atom stereocenters. The fraction of sp³-hybridized carbons (Fsp3) is 0.692. The van der Waals surface area contributed by atoms with Gasteiger partial charge in [-0.15, -0.1) is 0 Å². The minimum absolute atomic E-state index is 0.0870. The lowest BCUT2D eigenvalue weighted by atomic mass is 10.1. The van der Waals surface area contributed by atoms with Crippen LogP contribution in [-0.4, -0.2) is 62.6 Å². The zero-order valence-corrected chi connectivity index (χ0v) is 12.3. The third kappa shape index (κ3) is 2.29. The number of fused-ring (bicyclic) bond motifs is 1. The first-order chi connectivity index (χ1) is 9.99. The van der Waals surface area contributed by atoms with Crippen LogP contribution < -0.4 is 0 Å². The molecule has 0 radical (unpaired) electrons. The summed E-state index contributed by atoms with van der Waals surface area (Å²) in [6, 6.07) is 0.399. The van der Waals surface area contributed by atoms with Crippen LogP contribution >= 0.6 is 0 Å². The summed E-state index contributed by atoms with van der Waals surface area (Å²) in [7, 11) is 1.58. The van der Waals surface area contributed by atoms with Crippen molar-refractivity contribution in [3.63, 3.8) is 0 Å². The van der Waals surface area contributed by atoms with Crippen molar-refractivity contribution >= 4 is 11.6 Å². The largest absolute Gasteiger partial charge is 0.334 e. The second kappa shape index (κ2) is 5.10. The Morgan fingerprint density at radius 3 is 2.86 bits per heavy atom. The van der Waals surface area contributed by atoms with E-state index in [1.165, 1.54) is 4.68 Å². The first-order valence-electron chi connectivity index (χ1n) is 7.20. The molecule has 21 heavy (non-hydrogen) atoms. The van der Waals surface area contributed by atoms with E-state index in [4.69, 9.17) is 0 Å². The van der Waals surface area contributed by atoms with Crippen LogP contribution in [0.15, 0.2) is 0 Å². The van der Waals surface area contributed by atoms with E-state index in [2.05, 4.69) is 10.00 Å². The molecule has 0 aromatic carbocycles. The second-order valence-corrected chi connectivity index (χ2v) is 5.75. The second-order valence-electron chi connectivity index (χ2n) is 5.75. The number of carbonyl (C=O) groups excluding carboxylic acids is 1. The number of nitrogens with zero attached hydrogens (tertiary/aromatic N) is 5. The van der Waals surface area contributed by atoms with Crippen LogP contribution in [-0.2, 0) is 7.05 Å². The monoisotopic (exact) mass is 293 g/mol. The Hall–Kier alpha value is -1.96. The Bertz CT molecular complexity index is 597. The maximum absolute atomic E-state index is 12.7. The minimum atomic E-state index is -0.513.